The molecule has 0 aliphatic heterocycles. The largest absolute Gasteiger partial charge is 0.410 e. The standard InChI is InChI=1S/C17H28O2Si/c1-17(2,3)20(4,5)19-16-8-6-7-14-10-9-13(12-18)11-15(14)16/h9-11,16,18H,6-8,12H2,1-5H3. The van der Waals surface area contributed by atoms with Gasteiger partial charge in [0.2, 0.25) is 0 Å². The third-order valence-electron chi connectivity index (χ3n) is 4.90. The van der Waals surface area contributed by atoms with Crippen molar-refractivity contribution in [3.8, 4) is 0 Å². The molecule has 0 amide bonds. The monoisotopic (exact) mass is 292 g/mol. The molecule has 0 spiro atoms. The number of aliphatic hydroxyl groups is 1. The van der Waals surface area contributed by atoms with Crippen LogP contribution in [0.3, 0.4) is 0 Å². The van der Waals surface area contributed by atoms with E-state index in [-0.39, 0.29) is 17.7 Å². The molecule has 0 saturated heterocycles. The summed E-state index contributed by atoms with van der Waals surface area (Å²) in [5.41, 5.74) is 3.71. The van der Waals surface area contributed by atoms with E-state index >= 15 is 0 Å². The highest BCUT2D eigenvalue weighted by Gasteiger charge is 2.40. The number of aryl methyl sites for hydroxylation is 1. The van der Waals surface area contributed by atoms with Crippen molar-refractivity contribution in [2.24, 2.45) is 0 Å². The van der Waals surface area contributed by atoms with Crippen LogP contribution in [0.15, 0.2) is 18.2 Å². The summed E-state index contributed by atoms with van der Waals surface area (Å²) < 4.78 is 6.63. The van der Waals surface area contributed by atoms with E-state index in [4.69, 9.17) is 4.43 Å². The van der Waals surface area contributed by atoms with Gasteiger partial charge >= 0.3 is 0 Å². The summed E-state index contributed by atoms with van der Waals surface area (Å²) in [6, 6.07) is 6.35. The first-order valence-corrected chi connectivity index (χ1v) is 10.6. The molecule has 1 atom stereocenters. The summed E-state index contributed by atoms with van der Waals surface area (Å²) in [6.45, 7) is 11.6. The van der Waals surface area contributed by atoms with Gasteiger partial charge in [0, 0.05) is 0 Å². The van der Waals surface area contributed by atoms with E-state index in [2.05, 4.69) is 46.0 Å². The molecule has 2 nitrogen and oxygen atoms in total. The predicted octanol–water partition coefficient (Wildman–Crippen LogP) is 4.58. The zero-order valence-electron chi connectivity index (χ0n) is 13.5. The van der Waals surface area contributed by atoms with Crippen LogP contribution in [-0.2, 0) is 17.5 Å². The zero-order valence-corrected chi connectivity index (χ0v) is 14.5. The molecule has 1 aromatic carbocycles. The molecule has 0 fully saturated rings. The fraction of sp³-hybridized carbons (Fsp3) is 0.647. The van der Waals surface area contributed by atoms with Gasteiger partial charge in [-0.1, -0.05) is 39.0 Å². The van der Waals surface area contributed by atoms with E-state index < -0.39 is 8.32 Å². The van der Waals surface area contributed by atoms with Crippen molar-refractivity contribution in [1.82, 2.24) is 0 Å². The molecular weight excluding hydrogens is 264 g/mol. The normalized spacial score (nSPS) is 19.8. The first kappa shape index (κ1) is 15.7. The van der Waals surface area contributed by atoms with Gasteiger partial charge < -0.3 is 9.53 Å². The van der Waals surface area contributed by atoms with E-state index in [1.807, 2.05) is 6.07 Å². The van der Waals surface area contributed by atoms with Crippen molar-refractivity contribution in [2.75, 3.05) is 0 Å². The average molecular weight is 292 g/mol. The molecule has 1 aliphatic carbocycles. The van der Waals surface area contributed by atoms with Crippen molar-refractivity contribution in [2.45, 2.75) is 70.9 Å². The minimum atomic E-state index is -1.75. The Morgan fingerprint density at radius 1 is 1.30 bits per heavy atom. The van der Waals surface area contributed by atoms with Gasteiger partial charge in [-0.15, -0.1) is 0 Å². The minimum Gasteiger partial charge on any atom is -0.410 e. The summed E-state index contributed by atoms with van der Waals surface area (Å²) >= 11 is 0. The second kappa shape index (κ2) is 5.62. The Morgan fingerprint density at radius 2 is 2.00 bits per heavy atom. The van der Waals surface area contributed by atoms with Crippen molar-refractivity contribution in [1.29, 1.82) is 0 Å². The van der Waals surface area contributed by atoms with Crippen LogP contribution in [0, 0.1) is 0 Å². The van der Waals surface area contributed by atoms with Gasteiger partial charge in [0.1, 0.15) is 0 Å². The van der Waals surface area contributed by atoms with Crippen LogP contribution in [0.4, 0.5) is 0 Å². The van der Waals surface area contributed by atoms with Gasteiger partial charge in [0.05, 0.1) is 12.7 Å². The molecule has 0 heterocycles. The van der Waals surface area contributed by atoms with Gasteiger partial charge in [0.15, 0.2) is 8.32 Å². The third-order valence-corrected chi connectivity index (χ3v) is 9.38. The van der Waals surface area contributed by atoms with Gasteiger partial charge in [0.25, 0.3) is 0 Å². The number of aliphatic hydroxyl groups excluding tert-OH is 1. The molecule has 112 valence electrons. The smallest absolute Gasteiger partial charge is 0.192 e. The molecule has 0 saturated carbocycles. The van der Waals surface area contributed by atoms with E-state index in [1.165, 1.54) is 17.5 Å². The molecule has 1 aromatic rings. The van der Waals surface area contributed by atoms with E-state index in [1.54, 1.807) is 0 Å². The molecule has 0 aromatic heterocycles. The Morgan fingerprint density at radius 3 is 2.60 bits per heavy atom. The van der Waals surface area contributed by atoms with Crippen LogP contribution in [0.2, 0.25) is 18.1 Å². The van der Waals surface area contributed by atoms with Crippen LogP contribution in [0.25, 0.3) is 0 Å². The molecule has 0 radical (unpaired) electrons. The highest BCUT2D eigenvalue weighted by atomic mass is 28.4. The lowest BCUT2D eigenvalue weighted by atomic mass is 9.88. The molecule has 1 aliphatic rings. The lowest BCUT2D eigenvalue weighted by molar-refractivity contribution is 0.163. The summed E-state index contributed by atoms with van der Waals surface area (Å²) in [4.78, 5) is 0. The first-order valence-electron chi connectivity index (χ1n) is 7.65. The van der Waals surface area contributed by atoms with Crippen molar-refractivity contribution >= 4 is 8.32 Å². The SMILES string of the molecule is CC(C)(C)[Si](C)(C)OC1CCCc2ccc(CO)cc21. The summed E-state index contributed by atoms with van der Waals surface area (Å²) in [7, 11) is -1.75. The Kier molecular flexibility index (Phi) is 4.43. The number of hydrogen-bond acceptors (Lipinski definition) is 2. The quantitative estimate of drug-likeness (QED) is 0.826. The second-order valence-corrected chi connectivity index (χ2v) is 12.2. The van der Waals surface area contributed by atoms with E-state index in [9.17, 15) is 5.11 Å². The molecule has 1 unspecified atom stereocenters. The minimum absolute atomic E-state index is 0.111. The average Bonchev–Trinajstić information content (AvgIpc) is 2.37. The molecule has 2 rings (SSSR count). The molecule has 1 N–H and O–H groups in total. The van der Waals surface area contributed by atoms with Crippen LogP contribution in [0.5, 0.6) is 0 Å². The fourth-order valence-corrected chi connectivity index (χ4v) is 3.87. The zero-order chi connectivity index (χ0) is 15.0. The maximum Gasteiger partial charge on any atom is 0.192 e. The maximum absolute atomic E-state index is 9.36. The van der Waals surface area contributed by atoms with E-state index in [0.29, 0.717) is 0 Å². The molecule has 20 heavy (non-hydrogen) atoms. The van der Waals surface area contributed by atoms with Gasteiger partial charge in [-0.25, -0.2) is 0 Å². The third kappa shape index (κ3) is 3.16. The summed E-state index contributed by atoms with van der Waals surface area (Å²) in [5, 5.41) is 9.59. The van der Waals surface area contributed by atoms with E-state index in [0.717, 1.165) is 18.4 Å². The number of hydrogen-bond donors (Lipinski definition) is 1. The fourth-order valence-electron chi connectivity index (χ4n) is 2.56. The molecule has 3 heteroatoms. The molecular formula is C17H28O2Si. The topological polar surface area (TPSA) is 29.5 Å². The maximum atomic E-state index is 9.36. The van der Waals surface area contributed by atoms with Crippen LogP contribution in [-0.4, -0.2) is 13.4 Å². The number of benzene rings is 1. The van der Waals surface area contributed by atoms with Crippen LogP contribution in [0.1, 0.15) is 56.4 Å². The lowest BCUT2D eigenvalue weighted by Crippen LogP contribution is -2.42. The Labute approximate surface area is 124 Å². The predicted molar refractivity (Wildman–Crippen MR) is 86.3 cm³/mol. The Bertz CT molecular complexity index is 474. The van der Waals surface area contributed by atoms with Gasteiger partial charge in [-0.2, -0.15) is 0 Å². The van der Waals surface area contributed by atoms with Crippen LogP contribution < -0.4 is 0 Å². The first-order chi connectivity index (χ1) is 9.24. The second-order valence-electron chi connectivity index (χ2n) is 7.45. The van der Waals surface area contributed by atoms with Crippen molar-refractivity contribution < 1.29 is 9.53 Å². The summed E-state index contributed by atoms with van der Waals surface area (Å²) in [6.07, 6.45) is 3.66. The highest BCUT2D eigenvalue weighted by Crippen LogP contribution is 2.43. The number of rotatable bonds is 3. The van der Waals surface area contributed by atoms with Gasteiger partial charge in [-0.3, -0.25) is 0 Å². The van der Waals surface area contributed by atoms with Crippen molar-refractivity contribution in [3.63, 3.8) is 0 Å². The van der Waals surface area contributed by atoms with Gasteiger partial charge in [-0.05, 0) is 54.1 Å². The number of fused-ring (bicyclic) bond motifs is 1. The Balaban J connectivity index is 2.28. The highest BCUT2D eigenvalue weighted by molar-refractivity contribution is 6.74. The Hall–Kier alpha value is -0.643. The lowest BCUT2D eigenvalue weighted by Gasteiger charge is -2.41. The van der Waals surface area contributed by atoms with Crippen molar-refractivity contribution in [3.05, 3.63) is 34.9 Å². The summed E-state index contributed by atoms with van der Waals surface area (Å²) in [5.74, 6) is 0. The molecule has 0 bridgehead atoms. The van der Waals surface area contributed by atoms with Crippen LogP contribution >= 0.6 is 0 Å².